The molecule has 2 aromatic carbocycles. The highest BCUT2D eigenvalue weighted by Gasteiger charge is 2.11. The van der Waals surface area contributed by atoms with E-state index in [1.165, 1.54) is 28.5 Å². The van der Waals surface area contributed by atoms with Crippen LogP contribution in [-0.4, -0.2) is 18.1 Å². The largest absolute Gasteiger partial charge is 0.309 e. The van der Waals surface area contributed by atoms with E-state index in [1.54, 1.807) is 0 Å². The summed E-state index contributed by atoms with van der Waals surface area (Å²) in [7, 11) is 0. The summed E-state index contributed by atoms with van der Waals surface area (Å²) in [5, 5.41) is 6.37. The van der Waals surface area contributed by atoms with Crippen LogP contribution >= 0.6 is 11.8 Å². The third-order valence-electron chi connectivity index (χ3n) is 3.55. The minimum absolute atomic E-state index is 0.457. The summed E-state index contributed by atoms with van der Waals surface area (Å²) in [5.41, 5.74) is 1.42. The number of hydrogen-bond donors (Lipinski definition) is 1. The number of nitrogens with one attached hydrogen (secondary N) is 1. The van der Waals surface area contributed by atoms with Gasteiger partial charge in [-0.3, -0.25) is 0 Å². The molecule has 0 bridgehead atoms. The van der Waals surface area contributed by atoms with Crippen molar-refractivity contribution in [2.24, 2.45) is 5.92 Å². The Morgan fingerprint density at radius 3 is 2.48 bits per heavy atom. The molecular weight excluding hydrogens is 274 g/mol. The lowest BCUT2D eigenvalue weighted by atomic mass is 10.0. The fourth-order valence-electron chi connectivity index (χ4n) is 2.44. The van der Waals surface area contributed by atoms with Gasteiger partial charge in [-0.2, -0.15) is 11.8 Å². The summed E-state index contributed by atoms with van der Waals surface area (Å²) in [6.45, 7) is 7.89. The van der Waals surface area contributed by atoms with Gasteiger partial charge in [0.05, 0.1) is 0 Å². The molecule has 0 radical (unpaired) electrons. The average molecular weight is 301 g/mol. The lowest BCUT2D eigenvalue weighted by molar-refractivity contribution is 0.577. The van der Waals surface area contributed by atoms with E-state index in [2.05, 4.69) is 80.3 Å². The molecule has 0 saturated heterocycles. The lowest BCUT2D eigenvalue weighted by Gasteiger charge is -2.20. The highest BCUT2D eigenvalue weighted by atomic mass is 32.2. The zero-order valence-electron chi connectivity index (χ0n) is 13.4. The lowest BCUT2D eigenvalue weighted by Crippen LogP contribution is -2.24. The van der Waals surface area contributed by atoms with Gasteiger partial charge in [0.15, 0.2) is 0 Å². The van der Waals surface area contributed by atoms with Crippen LogP contribution in [0.1, 0.15) is 38.8 Å². The summed E-state index contributed by atoms with van der Waals surface area (Å²) in [6.07, 6.45) is 1.18. The zero-order chi connectivity index (χ0) is 15.1. The van der Waals surface area contributed by atoms with Crippen LogP contribution in [-0.2, 0) is 0 Å². The van der Waals surface area contributed by atoms with Gasteiger partial charge in [-0.1, -0.05) is 57.2 Å². The maximum Gasteiger partial charge on any atom is 0.0412 e. The first kappa shape index (κ1) is 16.4. The van der Waals surface area contributed by atoms with Gasteiger partial charge in [0.1, 0.15) is 0 Å². The fraction of sp³-hybridized carbons (Fsp3) is 0.474. The van der Waals surface area contributed by atoms with Crippen molar-refractivity contribution in [1.29, 1.82) is 0 Å². The molecule has 0 saturated carbocycles. The van der Waals surface area contributed by atoms with Crippen LogP contribution in [0.2, 0.25) is 0 Å². The molecule has 1 nitrogen and oxygen atoms in total. The molecule has 0 fully saturated rings. The molecule has 0 heterocycles. The molecular formula is C19H27NS. The quantitative estimate of drug-likeness (QED) is 0.713. The minimum Gasteiger partial charge on any atom is -0.309 e. The second-order valence-electron chi connectivity index (χ2n) is 6.04. The topological polar surface area (TPSA) is 12.0 Å². The fourth-order valence-corrected chi connectivity index (χ4v) is 3.59. The highest BCUT2D eigenvalue weighted by molar-refractivity contribution is 7.99. The number of hydrogen-bond acceptors (Lipinski definition) is 2. The van der Waals surface area contributed by atoms with Crippen molar-refractivity contribution >= 4 is 22.5 Å². The van der Waals surface area contributed by atoms with Gasteiger partial charge in [0.2, 0.25) is 0 Å². The first-order valence-electron chi connectivity index (χ1n) is 8.00. The Morgan fingerprint density at radius 1 is 1.00 bits per heavy atom. The first-order chi connectivity index (χ1) is 10.2. The molecule has 0 amide bonds. The van der Waals surface area contributed by atoms with E-state index in [1.807, 2.05) is 0 Å². The van der Waals surface area contributed by atoms with Gasteiger partial charge < -0.3 is 5.32 Å². The van der Waals surface area contributed by atoms with E-state index in [0.717, 1.165) is 18.2 Å². The van der Waals surface area contributed by atoms with Crippen molar-refractivity contribution in [2.75, 3.05) is 18.1 Å². The van der Waals surface area contributed by atoms with E-state index in [0.29, 0.717) is 6.04 Å². The van der Waals surface area contributed by atoms with Gasteiger partial charge in [-0.05, 0) is 47.0 Å². The second-order valence-corrected chi connectivity index (χ2v) is 7.12. The highest BCUT2D eigenvalue weighted by Crippen LogP contribution is 2.24. The molecule has 2 aromatic rings. The van der Waals surface area contributed by atoms with Gasteiger partial charge >= 0.3 is 0 Å². The Hall–Kier alpha value is -0.990. The van der Waals surface area contributed by atoms with Gasteiger partial charge in [-0.25, -0.2) is 0 Å². The van der Waals surface area contributed by atoms with Crippen molar-refractivity contribution in [3.63, 3.8) is 0 Å². The predicted molar refractivity (Wildman–Crippen MR) is 97.1 cm³/mol. The summed E-state index contributed by atoms with van der Waals surface area (Å²) in [4.78, 5) is 0. The third-order valence-corrected chi connectivity index (χ3v) is 5.02. The smallest absolute Gasteiger partial charge is 0.0412 e. The van der Waals surface area contributed by atoms with Crippen LogP contribution in [0.25, 0.3) is 10.8 Å². The molecule has 21 heavy (non-hydrogen) atoms. The maximum atomic E-state index is 3.70. The number of thioether (sulfide) groups is 1. The van der Waals surface area contributed by atoms with Gasteiger partial charge in [0.25, 0.3) is 0 Å². The molecule has 0 spiro atoms. The molecule has 2 heteroatoms. The standard InChI is InChI=1S/C19H27NS/c1-4-11-20-19(14-21-13-15(2)3)18-10-9-16-7-5-6-8-17(16)12-18/h5-10,12,15,19-20H,4,11,13-14H2,1-3H3. The van der Waals surface area contributed by atoms with E-state index < -0.39 is 0 Å². The molecule has 1 unspecified atom stereocenters. The van der Waals surface area contributed by atoms with E-state index in [9.17, 15) is 0 Å². The van der Waals surface area contributed by atoms with Crippen LogP contribution in [0.5, 0.6) is 0 Å². The van der Waals surface area contributed by atoms with Crippen LogP contribution in [0, 0.1) is 5.92 Å². The van der Waals surface area contributed by atoms with Crippen molar-refractivity contribution in [3.05, 3.63) is 48.0 Å². The Bertz CT molecular complexity index is 550. The minimum atomic E-state index is 0.457. The molecule has 0 aliphatic carbocycles. The SMILES string of the molecule is CCCNC(CSCC(C)C)c1ccc2ccccc2c1. The number of fused-ring (bicyclic) bond motifs is 1. The Morgan fingerprint density at radius 2 is 1.76 bits per heavy atom. The summed E-state index contributed by atoms with van der Waals surface area (Å²) in [5.74, 6) is 3.15. The molecule has 0 aliphatic heterocycles. The van der Waals surface area contributed by atoms with Crippen LogP contribution in [0.15, 0.2) is 42.5 Å². The maximum absolute atomic E-state index is 3.70. The van der Waals surface area contributed by atoms with Crippen LogP contribution in [0.4, 0.5) is 0 Å². The van der Waals surface area contributed by atoms with Crippen molar-refractivity contribution < 1.29 is 0 Å². The van der Waals surface area contributed by atoms with E-state index in [-0.39, 0.29) is 0 Å². The molecule has 0 aromatic heterocycles. The molecule has 114 valence electrons. The zero-order valence-corrected chi connectivity index (χ0v) is 14.2. The monoisotopic (exact) mass is 301 g/mol. The van der Waals surface area contributed by atoms with E-state index in [4.69, 9.17) is 0 Å². The third kappa shape index (κ3) is 5.05. The van der Waals surface area contributed by atoms with E-state index >= 15 is 0 Å². The number of rotatable bonds is 8. The van der Waals surface area contributed by atoms with Crippen molar-refractivity contribution in [3.8, 4) is 0 Å². The predicted octanol–water partition coefficient (Wildman–Crippen LogP) is 5.27. The normalized spacial score (nSPS) is 13.0. The van der Waals surface area contributed by atoms with Crippen molar-refractivity contribution in [1.82, 2.24) is 5.32 Å². The van der Waals surface area contributed by atoms with Crippen LogP contribution < -0.4 is 5.32 Å². The Balaban J connectivity index is 2.12. The van der Waals surface area contributed by atoms with Crippen molar-refractivity contribution in [2.45, 2.75) is 33.2 Å². The summed E-state index contributed by atoms with van der Waals surface area (Å²) >= 11 is 2.06. The van der Waals surface area contributed by atoms with Gasteiger partial charge in [-0.15, -0.1) is 0 Å². The summed E-state index contributed by atoms with van der Waals surface area (Å²) < 4.78 is 0. The molecule has 0 aliphatic rings. The molecule has 1 atom stereocenters. The van der Waals surface area contributed by atoms with Crippen LogP contribution in [0.3, 0.4) is 0 Å². The Kier molecular flexibility index (Phi) is 6.59. The molecule has 1 N–H and O–H groups in total. The number of benzene rings is 2. The Labute approximate surface area is 133 Å². The first-order valence-corrected chi connectivity index (χ1v) is 9.16. The van der Waals surface area contributed by atoms with Gasteiger partial charge in [0, 0.05) is 11.8 Å². The second kappa shape index (κ2) is 8.45. The summed E-state index contributed by atoms with van der Waals surface area (Å²) in [6, 6.07) is 15.9. The molecule has 2 rings (SSSR count). The average Bonchev–Trinajstić information content (AvgIpc) is 2.50.